The van der Waals surface area contributed by atoms with E-state index in [9.17, 15) is 0 Å². The van der Waals surface area contributed by atoms with Crippen LogP contribution in [0.1, 0.15) is 39.0 Å². The van der Waals surface area contributed by atoms with Crippen molar-refractivity contribution in [2.75, 3.05) is 12.5 Å². The molecule has 0 aliphatic rings. The average molecular weight is 237 g/mol. The highest BCUT2D eigenvalue weighted by atomic mass is 35.5. The Bertz CT molecular complexity index is 128. The van der Waals surface area contributed by atoms with E-state index >= 15 is 0 Å². The fourth-order valence-electron chi connectivity index (χ4n) is 1.44. The van der Waals surface area contributed by atoms with Gasteiger partial charge in [0.25, 0.3) is 0 Å². The first-order chi connectivity index (χ1) is 6.62. The van der Waals surface area contributed by atoms with E-state index in [0.29, 0.717) is 0 Å². The van der Waals surface area contributed by atoms with E-state index in [1.54, 1.807) is 0 Å². The molecule has 0 atom stereocenters. The number of hydrogen-bond acceptors (Lipinski definition) is 1. The van der Waals surface area contributed by atoms with Crippen LogP contribution in [-0.4, -0.2) is 20.8 Å². The molecule has 86 valence electrons. The van der Waals surface area contributed by atoms with Crippen LogP contribution < -0.4 is 0 Å². The molecule has 0 aromatic rings. The van der Waals surface area contributed by atoms with Gasteiger partial charge in [-0.15, -0.1) is 11.6 Å². The van der Waals surface area contributed by atoms with Gasteiger partial charge < -0.3 is 4.43 Å². The summed E-state index contributed by atoms with van der Waals surface area (Å²) in [6, 6.07) is 1.20. The molecule has 0 saturated carbocycles. The minimum absolute atomic E-state index is 0.773. The minimum atomic E-state index is -1.37. The zero-order chi connectivity index (χ0) is 10.9. The Balaban J connectivity index is 3.35. The van der Waals surface area contributed by atoms with Gasteiger partial charge in [0.15, 0.2) is 8.32 Å². The molecule has 0 unspecified atom stereocenters. The van der Waals surface area contributed by atoms with Gasteiger partial charge in [-0.05, 0) is 32.0 Å². The first kappa shape index (κ1) is 14.5. The molecule has 0 bridgehead atoms. The molecule has 0 rings (SSSR count). The van der Waals surface area contributed by atoms with Crippen molar-refractivity contribution in [1.29, 1.82) is 0 Å². The molecule has 0 aromatic carbocycles. The third-order valence-corrected chi connectivity index (χ3v) is 5.21. The zero-order valence-electron chi connectivity index (χ0n) is 9.94. The number of alkyl halides is 1. The maximum Gasteiger partial charge on any atom is 0.186 e. The van der Waals surface area contributed by atoms with Crippen LogP contribution >= 0.6 is 11.6 Å². The molecule has 0 aromatic heterocycles. The standard InChI is InChI=1S/C11H25ClOSi/c1-4-5-6-7-10-13-14(2,3)11-8-9-12/h4-11H2,1-3H3. The third-order valence-electron chi connectivity index (χ3n) is 2.40. The maximum absolute atomic E-state index is 5.96. The average Bonchev–Trinajstić information content (AvgIpc) is 2.15. The van der Waals surface area contributed by atoms with E-state index in [1.807, 2.05) is 0 Å². The van der Waals surface area contributed by atoms with Crippen molar-refractivity contribution >= 4 is 19.9 Å². The molecule has 0 spiro atoms. The van der Waals surface area contributed by atoms with Gasteiger partial charge in [0, 0.05) is 12.5 Å². The van der Waals surface area contributed by atoms with Gasteiger partial charge in [-0.1, -0.05) is 26.2 Å². The van der Waals surface area contributed by atoms with Crippen LogP contribution in [0.4, 0.5) is 0 Å². The fraction of sp³-hybridized carbons (Fsp3) is 1.00. The smallest absolute Gasteiger partial charge is 0.186 e. The van der Waals surface area contributed by atoms with Gasteiger partial charge in [0.05, 0.1) is 0 Å². The van der Waals surface area contributed by atoms with Crippen molar-refractivity contribution in [3.63, 3.8) is 0 Å². The van der Waals surface area contributed by atoms with Gasteiger partial charge in [0.2, 0.25) is 0 Å². The third kappa shape index (κ3) is 9.04. The molecule has 0 amide bonds. The molecule has 0 aliphatic carbocycles. The second-order valence-corrected chi connectivity index (χ2v) is 9.15. The van der Waals surface area contributed by atoms with Crippen LogP contribution in [0.2, 0.25) is 19.1 Å². The summed E-state index contributed by atoms with van der Waals surface area (Å²) in [6.45, 7) is 7.78. The monoisotopic (exact) mass is 236 g/mol. The van der Waals surface area contributed by atoms with Crippen molar-refractivity contribution in [1.82, 2.24) is 0 Å². The summed E-state index contributed by atoms with van der Waals surface area (Å²) in [7, 11) is -1.37. The van der Waals surface area contributed by atoms with E-state index in [-0.39, 0.29) is 0 Å². The zero-order valence-corrected chi connectivity index (χ0v) is 11.7. The van der Waals surface area contributed by atoms with Crippen molar-refractivity contribution in [2.45, 2.75) is 58.2 Å². The SMILES string of the molecule is CCCCCCO[Si](C)(C)CCCCl. The van der Waals surface area contributed by atoms with Crippen molar-refractivity contribution < 1.29 is 4.43 Å². The number of rotatable bonds is 9. The highest BCUT2D eigenvalue weighted by Crippen LogP contribution is 2.15. The Morgan fingerprint density at radius 2 is 1.79 bits per heavy atom. The van der Waals surface area contributed by atoms with Gasteiger partial charge >= 0.3 is 0 Å². The van der Waals surface area contributed by atoms with E-state index in [2.05, 4.69) is 20.0 Å². The summed E-state index contributed by atoms with van der Waals surface area (Å²) < 4.78 is 5.96. The second-order valence-electron chi connectivity index (χ2n) is 4.46. The number of halogens is 1. The van der Waals surface area contributed by atoms with Gasteiger partial charge in [-0.3, -0.25) is 0 Å². The van der Waals surface area contributed by atoms with Crippen molar-refractivity contribution in [3.8, 4) is 0 Å². The van der Waals surface area contributed by atoms with Crippen LogP contribution in [0.3, 0.4) is 0 Å². The predicted molar refractivity (Wildman–Crippen MR) is 67.7 cm³/mol. The van der Waals surface area contributed by atoms with Gasteiger partial charge in [-0.2, -0.15) is 0 Å². The first-order valence-corrected chi connectivity index (χ1v) is 9.47. The summed E-state index contributed by atoms with van der Waals surface area (Å²) in [5.74, 6) is 0.773. The second kappa shape index (κ2) is 8.75. The minimum Gasteiger partial charge on any atom is -0.417 e. The van der Waals surface area contributed by atoms with Crippen molar-refractivity contribution in [2.24, 2.45) is 0 Å². The molecule has 0 fully saturated rings. The Labute approximate surface area is 95.3 Å². The highest BCUT2D eigenvalue weighted by molar-refractivity contribution is 6.71. The quantitative estimate of drug-likeness (QED) is 0.327. The summed E-state index contributed by atoms with van der Waals surface area (Å²) in [5.41, 5.74) is 0. The Morgan fingerprint density at radius 1 is 1.07 bits per heavy atom. The largest absolute Gasteiger partial charge is 0.417 e. The Morgan fingerprint density at radius 3 is 2.36 bits per heavy atom. The lowest BCUT2D eigenvalue weighted by atomic mass is 10.2. The van der Waals surface area contributed by atoms with Crippen LogP contribution in [-0.2, 0) is 4.43 Å². The van der Waals surface area contributed by atoms with E-state index in [4.69, 9.17) is 16.0 Å². The van der Waals surface area contributed by atoms with Crippen LogP contribution in [0.5, 0.6) is 0 Å². The van der Waals surface area contributed by atoms with Gasteiger partial charge in [-0.25, -0.2) is 0 Å². The number of hydrogen-bond donors (Lipinski definition) is 0. The molecule has 0 heterocycles. The lowest BCUT2D eigenvalue weighted by Crippen LogP contribution is -2.30. The lowest BCUT2D eigenvalue weighted by Gasteiger charge is -2.22. The lowest BCUT2D eigenvalue weighted by molar-refractivity contribution is 0.294. The van der Waals surface area contributed by atoms with E-state index in [1.165, 1.54) is 31.7 Å². The molecule has 3 heteroatoms. The predicted octanol–water partition coefficient (Wildman–Crippen LogP) is 4.42. The molecule has 14 heavy (non-hydrogen) atoms. The molecular weight excluding hydrogens is 212 g/mol. The summed E-state index contributed by atoms with van der Waals surface area (Å²) in [4.78, 5) is 0. The van der Waals surface area contributed by atoms with Crippen molar-refractivity contribution in [3.05, 3.63) is 0 Å². The molecule has 0 N–H and O–H groups in total. The maximum atomic E-state index is 5.96. The van der Waals surface area contributed by atoms with E-state index < -0.39 is 8.32 Å². The summed E-state index contributed by atoms with van der Waals surface area (Å²) in [6.07, 6.45) is 6.29. The van der Waals surface area contributed by atoms with Crippen LogP contribution in [0.15, 0.2) is 0 Å². The van der Waals surface area contributed by atoms with E-state index in [0.717, 1.165) is 18.9 Å². The Kier molecular flexibility index (Phi) is 9.04. The van der Waals surface area contributed by atoms with Crippen LogP contribution in [0, 0.1) is 0 Å². The highest BCUT2D eigenvalue weighted by Gasteiger charge is 2.20. The molecular formula is C11H25ClOSi. The normalized spacial score (nSPS) is 12.0. The molecule has 1 nitrogen and oxygen atoms in total. The summed E-state index contributed by atoms with van der Waals surface area (Å²) in [5, 5.41) is 0. The Hall–Kier alpha value is 0.467. The van der Waals surface area contributed by atoms with Gasteiger partial charge in [0.1, 0.15) is 0 Å². The van der Waals surface area contributed by atoms with Crippen LogP contribution in [0.25, 0.3) is 0 Å². The molecule has 0 radical (unpaired) electrons. The molecule has 0 aliphatic heterocycles. The first-order valence-electron chi connectivity index (χ1n) is 5.82. The summed E-state index contributed by atoms with van der Waals surface area (Å²) >= 11 is 5.68. The fourth-order valence-corrected chi connectivity index (χ4v) is 3.67. The number of unbranched alkanes of at least 4 members (excludes halogenated alkanes) is 3. The topological polar surface area (TPSA) is 9.23 Å². The molecule has 0 saturated heterocycles.